The average molecular weight is 220 g/mol. The summed E-state index contributed by atoms with van der Waals surface area (Å²) >= 11 is 7.29. The van der Waals surface area contributed by atoms with Crippen LogP contribution in [0.4, 0.5) is 0 Å². The third kappa shape index (κ3) is 2.97. The van der Waals surface area contributed by atoms with Gasteiger partial charge in [-0.3, -0.25) is 4.79 Å². The fourth-order valence-corrected chi connectivity index (χ4v) is 1.32. The summed E-state index contributed by atoms with van der Waals surface area (Å²) in [5.41, 5.74) is 0.391. The zero-order valence-electron chi connectivity index (χ0n) is 7.17. The molecule has 3 nitrogen and oxygen atoms in total. The number of carbonyl (C=O) groups excluding carboxylic acids is 1. The minimum Gasteiger partial charge on any atom is -0.452 e. The molecule has 0 atom stereocenters. The molecule has 1 aromatic rings. The second-order valence-electron chi connectivity index (χ2n) is 2.36. The first-order valence-electron chi connectivity index (χ1n) is 3.76. The predicted molar refractivity (Wildman–Crippen MR) is 54.4 cm³/mol. The first-order valence-corrected chi connectivity index (χ1v) is 5.53. The van der Waals surface area contributed by atoms with E-state index >= 15 is 0 Å². The van der Waals surface area contributed by atoms with Crippen LogP contribution in [0.1, 0.15) is 10.4 Å². The Hall–Kier alpha value is -0.610. The first kappa shape index (κ1) is 10.5. The van der Waals surface area contributed by atoms with Crippen LogP contribution in [0.2, 0.25) is 5.22 Å². The highest BCUT2D eigenvalue weighted by Crippen LogP contribution is 2.15. The highest BCUT2D eigenvalue weighted by molar-refractivity contribution is 7.98. The van der Waals surface area contributed by atoms with Gasteiger partial charge in [-0.2, -0.15) is 11.8 Å². The quantitative estimate of drug-likeness (QED) is 0.788. The molecular weight excluding hydrogens is 210 g/mol. The Morgan fingerprint density at radius 2 is 2.54 bits per heavy atom. The summed E-state index contributed by atoms with van der Waals surface area (Å²) in [6, 6.07) is 1.55. The van der Waals surface area contributed by atoms with Gasteiger partial charge in [-0.1, -0.05) is 0 Å². The van der Waals surface area contributed by atoms with Crippen LogP contribution >= 0.6 is 23.4 Å². The molecule has 72 valence electrons. The average Bonchev–Trinajstić information content (AvgIpc) is 2.52. The van der Waals surface area contributed by atoms with Crippen molar-refractivity contribution in [2.24, 2.45) is 0 Å². The highest BCUT2D eigenvalue weighted by Gasteiger charge is 2.11. The van der Waals surface area contributed by atoms with E-state index in [1.54, 1.807) is 17.8 Å². The van der Waals surface area contributed by atoms with Gasteiger partial charge in [0.15, 0.2) is 0 Å². The van der Waals surface area contributed by atoms with Crippen LogP contribution in [0.3, 0.4) is 0 Å². The van der Waals surface area contributed by atoms with Gasteiger partial charge in [-0.25, -0.2) is 0 Å². The Morgan fingerprint density at radius 1 is 1.77 bits per heavy atom. The van der Waals surface area contributed by atoms with Crippen molar-refractivity contribution in [2.45, 2.75) is 0 Å². The lowest BCUT2D eigenvalue weighted by Gasteiger charge is -2.01. The SMILES string of the molecule is CSCCNC(=O)c1ccoc1Cl. The van der Waals surface area contributed by atoms with Gasteiger partial charge in [0, 0.05) is 12.3 Å². The van der Waals surface area contributed by atoms with Crippen LogP contribution < -0.4 is 5.32 Å². The van der Waals surface area contributed by atoms with Crippen LogP contribution in [-0.4, -0.2) is 24.5 Å². The predicted octanol–water partition coefficient (Wildman–Crippen LogP) is 2.03. The summed E-state index contributed by atoms with van der Waals surface area (Å²) in [6.45, 7) is 0.640. The van der Waals surface area contributed by atoms with Crippen molar-refractivity contribution in [1.82, 2.24) is 5.32 Å². The summed E-state index contributed by atoms with van der Waals surface area (Å²) < 4.78 is 4.79. The maximum atomic E-state index is 11.3. The van der Waals surface area contributed by atoms with Crippen molar-refractivity contribution in [3.05, 3.63) is 23.1 Å². The van der Waals surface area contributed by atoms with E-state index in [0.717, 1.165) is 5.75 Å². The van der Waals surface area contributed by atoms with E-state index in [1.165, 1.54) is 6.26 Å². The molecule has 1 amide bonds. The van der Waals surface area contributed by atoms with Gasteiger partial charge in [-0.05, 0) is 23.9 Å². The van der Waals surface area contributed by atoms with Crippen molar-refractivity contribution < 1.29 is 9.21 Å². The second kappa shape index (κ2) is 5.19. The molecule has 13 heavy (non-hydrogen) atoms. The molecule has 0 saturated carbocycles. The standard InChI is InChI=1S/C8H10ClNO2S/c1-13-5-3-10-8(11)6-2-4-12-7(6)9/h2,4H,3,5H2,1H3,(H,10,11). The van der Waals surface area contributed by atoms with E-state index in [-0.39, 0.29) is 11.1 Å². The fourth-order valence-electron chi connectivity index (χ4n) is 0.818. The highest BCUT2D eigenvalue weighted by atomic mass is 35.5. The smallest absolute Gasteiger partial charge is 0.256 e. The number of carbonyl (C=O) groups is 1. The van der Waals surface area contributed by atoms with Crippen molar-refractivity contribution in [2.75, 3.05) is 18.6 Å². The molecule has 0 aliphatic carbocycles. The summed E-state index contributed by atoms with van der Waals surface area (Å²) in [6.07, 6.45) is 3.38. The number of furan rings is 1. The molecule has 0 radical (unpaired) electrons. The van der Waals surface area contributed by atoms with Gasteiger partial charge >= 0.3 is 0 Å². The Labute approximate surface area is 85.8 Å². The second-order valence-corrected chi connectivity index (χ2v) is 3.69. The molecule has 1 heterocycles. The Kier molecular flexibility index (Phi) is 4.18. The summed E-state index contributed by atoms with van der Waals surface area (Å²) in [5, 5.41) is 2.86. The number of thioether (sulfide) groups is 1. The summed E-state index contributed by atoms with van der Waals surface area (Å²) in [5.74, 6) is 0.703. The van der Waals surface area contributed by atoms with E-state index in [1.807, 2.05) is 6.26 Å². The van der Waals surface area contributed by atoms with E-state index in [2.05, 4.69) is 5.32 Å². The Balaban J connectivity index is 2.45. The topological polar surface area (TPSA) is 42.2 Å². The van der Waals surface area contributed by atoms with Gasteiger partial charge < -0.3 is 9.73 Å². The van der Waals surface area contributed by atoms with E-state index in [4.69, 9.17) is 16.0 Å². The maximum Gasteiger partial charge on any atom is 0.256 e. The zero-order chi connectivity index (χ0) is 9.68. The molecule has 0 aromatic carbocycles. The molecule has 0 unspecified atom stereocenters. The largest absolute Gasteiger partial charge is 0.452 e. The van der Waals surface area contributed by atoms with Crippen LogP contribution in [0, 0.1) is 0 Å². The number of hydrogen-bond acceptors (Lipinski definition) is 3. The lowest BCUT2D eigenvalue weighted by molar-refractivity contribution is 0.0956. The number of hydrogen-bond donors (Lipinski definition) is 1. The molecule has 5 heteroatoms. The normalized spacial score (nSPS) is 10.0. The Bertz CT molecular complexity index is 287. The third-order valence-corrected chi connectivity index (χ3v) is 2.36. The molecule has 1 aromatic heterocycles. The Morgan fingerprint density at radius 3 is 3.08 bits per heavy atom. The molecule has 0 spiro atoms. The molecule has 1 rings (SSSR count). The van der Waals surface area contributed by atoms with Crippen molar-refractivity contribution in [3.8, 4) is 0 Å². The third-order valence-electron chi connectivity index (χ3n) is 1.45. The summed E-state index contributed by atoms with van der Waals surface area (Å²) in [4.78, 5) is 11.3. The number of rotatable bonds is 4. The molecular formula is C8H10ClNO2S. The van der Waals surface area contributed by atoms with Crippen molar-refractivity contribution >= 4 is 29.3 Å². The molecule has 1 N–H and O–H groups in total. The minimum atomic E-state index is -0.187. The summed E-state index contributed by atoms with van der Waals surface area (Å²) in [7, 11) is 0. The van der Waals surface area contributed by atoms with E-state index in [0.29, 0.717) is 12.1 Å². The molecule has 0 fully saturated rings. The zero-order valence-corrected chi connectivity index (χ0v) is 8.74. The van der Waals surface area contributed by atoms with E-state index < -0.39 is 0 Å². The lowest BCUT2D eigenvalue weighted by atomic mass is 10.3. The number of nitrogens with one attached hydrogen (secondary N) is 1. The van der Waals surface area contributed by atoms with Crippen LogP contribution in [0.25, 0.3) is 0 Å². The van der Waals surface area contributed by atoms with E-state index in [9.17, 15) is 4.79 Å². The van der Waals surface area contributed by atoms with Crippen LogP contribution in [-0.2, 0) is 0 Å². The minimum absolute atomic E-state index is 0.140. The molecule has 0 aliphatic rings. The lowest BCUT2D eigenvalue weighted by Crippen LogP contribution is -2.25. The monoisotopic (exact) mass is 219 g/mol. The fraction of sp³-hybridized carbons (Fsp3) is 0.375. The molecule has 0 bridgehead atoms. The number of amides is 1. The van der Waals surface area contributed by atoms with Gasteiger partial charge in [0.05, 0.1) is 11.8 Å². The van der Waals surface area contributed by atoms with Crippen LogP contribution in [0.5, 0.6) is 0 Å². The van der Waals surface area contributed by atoms with Crippen molar-refractivity contribution in [1.29, 1.82) is 0 Å². The maximum absolute atomic E-state index is 11.3. The molecule has 0 aliphatic heterocycles. The van der Waals surface area contributed by atoms with Crippen molar-refractivity contribution in [3.63, 3.8) is 0 Å². The molecule has 0 saturated heterocycles. The van der Waals surface area contributed by atoms with Gasteiger partial charge in [-0.15, -0.1) is 0 Å². The van der Waals surface area contributed by atoms with Gasteiger partial charge in [0.25, 0.3) is 5.91 Å². The van der Waals surface area contributed by atoms with Crippen LogP contribution in [0.15, 0.2) is 16.7 Å². The first-order chi connectivity index (χ1) is 6.25. The van der Waals surface area contributed by atoms with Gasteiger partial charge in [0.2, 0.25) is 5.22 Å². The number of halogens is 1. The van der Waals surface area contributed by atoms with Gasteiger partial charge in [0.1, 0.15) is 0 Å².